The molecule has 0 spiro atoms. The lowest BCUT2D eigenvalue weighted by molar-refractivity contribution is -0.129. The van der Waals surface area contributed by atoms with Gasteiger partial charge in [0.1, 0.15) is 6.23 Å². The number of carbonyl (C=O) groups is 2. The first kappa shape index (κ1) is 19.7. The lowest BCUT2D eigenvalue weighted by atomic mass is 10.0. The molecular formula is C22H19ClN4O4. The van der Waals surface area contributed by atoms with E-state index in [1.54, 1.807) is 29.2 Å². The van der Waals surface area contributed by atoms with E-state index in [0.717, 1.165) is 11.1 Å². The predicted molar refractivity (Wildman–Crippen MR) is 114 cm³/mol. The minimum Gasteiger partial charge on any atom is -0.372 e. The van der Waals surface area contributed by atoms with Gasteiger partial charge in [0.15, 0.2) is 0 Å². The van der Waals surface area contributed by atoms with E-state index in [1.165, 1.54) is 10.9 Å². The van der Waals surface area contributed by atoms with E-state index in [2.05, 4.69) is 10.3 Å². The molecule has 31 heavy (non-hydrogen) atoms. The summed E-state index contributed by atoms with van der Waals surface area (Å²) in [4.78, 5) is 43.1. The quantitative estimate of drug-likeness (QED) is 0.647. The second-order valence-electron chi connectivity index (χ2n) is 7.88. The molecule has 158 valence electrons. The van der Waals surface area contributed by atoms with Gasteiger partial charge in [0.25, 0.3) is 11.5 Å². The minimum atomic E-state index is -1.08. The van der Waals surface area contributed by atoms with Crippen LogP contribution in [0.25, 0.3) is 10.9 Å². The molecule has 2 amide bonds. The molecule has 0 radical (unpaired) electrons. The molecular weight excluding hydrogens is 420 g/mol. The van der Waals surface area contributed by atoms with Crippen LogP contribution in [-0.4, -0.2) is 43.6 Å². The third-order valence-electron chi connectivity index (χ3n) is 5.88. The van der Waals surface area contributed by atoms with Crippen LogP contribution in [0, 0.1) is 0 Å². The topological polar surface area (TPSA) is 105 Å². The number of fused-ring (bicyclic) bond motifs is 2. The summed E-state index contributed by atoms with van der Waals surface area (Å²) in [7, 11) is 0. The number of rotatable bonds is 3. The molecule has 5 rings (SSSR count). The highest BCUT2D eigenvalue weighted by Gasteiger charge is 2.38. The Kier molecular flexibility index (Phi) is 4.75. The Hall–Kier alpha value is -3.23. The normalized spacial score (nSPS) is 20.8. The van der Waals surface area contributed by atoms with E-state index in [9.17, 15) is 19.5 Å². The summed E-state index contributed by atoms with van der Waals surface area (Å²) in [6, 6.07) is 10.0. The van der Waals surface area contributed by atoms with E-state index in [1.807, 2.05) is 12.1 Å². The maximum Gasteiger partial charge on any atom is 0.261 e. The van der Waals surface area contributed by atoms with Crippen LogP contribution in [0.4, 0.5) is 0 Å². The maximum atomic E-state index is 12.8. The third-order valence-corrected chi connectivity index (χ3v) is 6.12. The summed E-state index contributed by atoms with van der Waals surface area (Å²) in [5, 5.41) is 13.6. The number of aliphatic hydroxyl groups excluding tert-OH is 1. The molecule has 2 aliphatic heterocycles. The Labute approximate surface area is 182 Å². The number of carbonyl (C=O) groups excluding carboxylic acids is 2. The molecule has 3 aromatic rings. The van der Waals surface area contributed by atoms with Crippen molar-refractivity contribution in [2.45, 2.75) is 38.2 Å². The van der Waals surface area contributed by atoms with Crippen molar-refractivity contribution >= 4 is 34.3 Å². The van der Waals surface area contributed by atoms with Gasteiger partial charge in [-0.1, -0.05) is 23.7 Å². The first-order valence-corrected chi connectivity index (χ1v) is 10.3. The average Bonchev–Trinajstić information content (AvgIpc) is 3.06. The molecule has 1 aromatic heterocycles. The number of piperidine rings is 1. The molecule has 1 saturated heterocycles. The van der Waals surface area contributed by atoms with Gasteiger partial charge >= 0.3 is 0 Å². The standard InChI is InChI=1S/C22H19ClN4O4/c23-14-2-4-17-16(8-14)21(30)26(11-24-17)9-12-1-3-15-13(7-12)10-27(22(15)31)18-5-6-19(28)25-20(18)29/h1-4,7-8,11,18,20,29H,5-6,9-10H2,(H,25,28). The summed E-state index contributed by atoms with van der Waals surface area (Å²) in [5.74, 6) is -0.383. The Morgan fingerprint density at radius 1 is 1.16 bits per heavy atom. The zero-order valence-corrected chi connectivity index (χ0v) is 17.2. The van der Waals surface area contributed by atoms with Gasteiger partial charge in [-0.05, 0) is 41.8 Å². The smallest absolute Gasteiger partial charge is 0.261 e. The molecule has 0 bridgehead atoms. The van der Waals surface area contributed by atoms with E-state index in [-0.39, 0.29) is 23.8 Å². The third kappa shape index (κ3) is 3.47. The van der Waals surface area contributed by atoms with Gasteiger partial charge < -0.3 is 15.3 Å². The Morgan fingerprint density at radius 3 is 2.81 bits per heavy atom. The molecule has 9 heteroatoms. The first-order valence-electron chi connectivity index (χ1n) is 9.95. The van der Waals surface area contributed by atoms with Crippen molar-refractivity contribution in [1.29, 1.82) is 0 Å². The maximum absolute atomic E-state index is 12.8. The number of aliphatic hydroxyl groups is 1. The molecule has 8 nitrogen and oxygen atoms in total. The summed E-state index contributed by atoms with van der Waals surface area (Å²) in [6.45, 7) is 0.651. The summed E-state index contributed by atoms with van der Waals surface area (Å²) >= 11 is 6.02. The van der Waals surface area contributed by atoms with E-state index in [0.29, 0.717) is 41.0 Å². The van der Waals surface area contributed by atoms with Crippen molar-refractivity contribution in [2.75, 3.05) is 0 Å². The zero-order valence-electron chi connectivity index (χ0n) is 16.4. The molecule has 2 atom stereocenters. The summed E-state index contributed by atoms with van der Waals surface area (Å²) in [6.07, 6.45) is 1.12. The number of benzene rings is 2. The number of hydrogen-bond acceptors (Lipinski definition) is 5. The monoisotopic (exact) mass is 438 g/mol. The van der Waals surface area contributed by atoms with Crippen molar-refractivity contribution < 1.29 is 14.7 Å². The highest BCUT2D eigenvalue weighted by atomic mass is 35.5. The van der Waals surface area contributed by atoms with Crippen LogP contribution in [0.1, 0.15) is 34.3 Å². The van der Waals surface area contributed by atoms with Gasteiger partial charge in [0, 0.05) is 23.6 Å². The van der Waals surface area contributed by atoms with Crippen molar-refractivity contribution in [1.82, 2.24) is 19.8 Å². The van der Waals surface area contributed by atoms with E-state index >= 15 is 0 Å². The molecule has 0 saturated carbocycles. The largest absolute Gasteiger partial charge is 0.372 e. The molecule has 2 unspecified atom stereocenters. The van der Waals surface area contributed by atoms with Crippen LogP contribution in [0.5, 0.6) is 0 Å². The van der Waals surface area contributed by atoms with Crippen molar-refractivity contribution in [3.8, 4) is 0 Å². The fourth-order valence-electron chi connectivity index (χ4n) is 4.30. The number of amides is 2. The van der Waals surface area contributed by atoms with Crippen LogP contribution in [0.15, 0.2) is 47.5 Å². The van der Waals surface area contributed by atoms with Crippen molar-refractivity contribution in [3.05, 3.63) is 74.8 Å². The molecule has 0 aliphatic carbocycles. The summed E-state index contributed by atoms with van der Waals surface area (Å²) < 4.78 is 1.51. The van der Waals surface area contributed by atoms with Crippen LogP contribution in [-0.2, 0) is 17.9 Å². The molecule has 2 aliphatic rings. The number of halogens is 1. The fourth-order valence-corrected chi connectivity index (χ4v) is 4.47. The Balaban J connectivity index is 1.41. The van der Waals surface area contributed by atoms with Gasteiger partial charge in [-0.2, -0.15) is 0 Å². The minimum absolute atomic E-state index is 0.166. The second-order valence-corrected chi connectivity index (χ2v) is 8.32. The van der Waals surface area contributed by atoms with Gasteiger partial charge in [-0.15, -0.1) is 0 Å². The Bertz CT molecular complexity index is 1290. The number of nitrogens with one attached hydrogen (secondary N) is 1. The lowest BCUT2D eigenvalue weighted by Gasteiger charge is -2.35. The molecule has 1 fully saturated rings. The van der Waals surface area contributed by atoms with Gasteiger partial charge in [0.2, 0.25) is 5.91 Å². The van der Waals surface area contributed by atoms with Crippen molar-refractivity contribution in [2.24, 2.45) is 0 Å². The van der Waals surface area contributed by atoms with Crippen LogP contribution in [0.2, 0.25) is 5.02 Å². The van der Waals surface area contributed by atoms with Gasteiger partial charge in [0.05, 0.1) is 29.8 Å². The summed E-state index contributed by atoms with van der Waals surface area (Å²) in [5.41, 5.74) is 2.65. The molecule has 3 heterocycles. The van der Waals surface area contributed by atoms with Crippen LogP contribution in [0.3, 0.4) is 0 Å². The van der Waals surface area contributed by atoms with Crippen LogP contribution >= 0.6 is 11.6 Å². The highest BCUT2D eigenvalue weighted by molar-refractivity contribution is 6.31. The van der Waals surface area contributed by atoms with E-state index < -0.39 is 12.3 Å². The second kappa shape index (κ2) is 7.47. The highest BCUT2D eigenvalue weighted by Crippen LogP contribution is 2.29. The van der Waals surface area contributed by atoms with E-state index in [4.69, 9.17) is 11.6 Å². The number of hydrogen-bond donors (Lipinski definition) is 2. The average molecular weight is 439 g/mol. The molecule has 2 N–H and O–H groups in total. The lowest BCUT2D eigenvalue weighted by Crippen LogP contribution is -2.55. The predicted octanol–water partition coefficient (Wildman–Crippen LogP) is 1.65. The number of aromatic nitrogens is 2. The first-order chi connectivity index (χ1) is 14.9. The Morgan fingerprint density at radius 2 is 2.00 bits per heavy atom. The number of nitrogens with zero attached hydrogens (tertiary/aromatic N) is 3. The SMILES string of the molecule is O=C1CCC(N2Cc3cc(Cn4cnc5ccc(Cl)cc5c4=O)ccc3C2=O)C(O)N1. The van der Waals surface area contributed by atoms with Crippen molar-refractivity contribution in [3.63, 3.8) is 0 Å². The fraction of sp³-hybridized carbons (Fsp3) is 0.273. The van der Waals surface area contributed by atoms with Gasteiger partial charge in [-0.25, -0.2) is 4.98 Å². The van der Waals surface area contributed by atoms with Gasteiger partial charge in [-0.3, -0.25) is 19.0 Å². The zero-order chi connectivity index (χ0) is 21.7. The van der Waals surface area contributed by atoms with Crippen LogP contribution < -0.4 is 10.9 Å². The molecule has 2 aromatic carbocycles.